The summed E-state index contributed by atoms with van der Waals surface area (Å²) >= 11 is 0. The molecule has 0 saturated carbocycles. The zero-order chi connectivity index (χ0) is 12.1. The summed E-state index contributed by atoms with van der Waals surface area (Å²) in [5.41, 5.74) is 0.913. The highest BCUT2D eigenvalue weighted by Crippen LogP contribution is 2.17. The van der Waals surface area contributed by atoms with Gasteiger partial charge >= 0.3 is 5.97 Å². The first-order valence-corrected chi connectivity index (χ1v) is 5.49. The van der Waals surface area contributed by atoms with Crippen LogP contribution in [0.25, 0.3) is 16.8 Å². The molecule has 0 aliphatic heterocycles. The third-order valence-electron chi connectivity index (χ3n) is 2.38. The molecule has 1 aromatic carbocycles. The van der Waals surface area contributed by atoms with E-state index in [-0.39, 0.29) is 5.97 Å². The summed E-state index contributed by atoms with van der Waals surface area (Å²) in [5, 5.41) is 2.13. The SMILES string of the molecule is CCOC(=O)C=Cc1cncc2ccccc12. The topological polar surface area (TPSA) is 39.2 Å². The number of carbonyl (C=O) groups excluding carboxylic acids is 1. The molecule has 0 bridgehead atoms. The highest BCUT2D eigenvalue weighted by atomic mass is 16.5. The third kappa shape index (κ3) is 2.69. The van der Waals surface area contributed by atoms with Gasteiger partial charge in [0, 0.05) is 29.4 Å². The maximum absolute atomic E-state index is 11.2. The number of esters is 1. The Labute approximate surface area is 99.7 Å². The quantitative estimate of drug-likeness (QED) is 0.598. The van der Waals surface area contributed by atoms with E-state index in [4.69, 9.17) is 4.74 Å². The highest BCUT2D eigenvalue weighted by Gasteiger charge is 1.99. The summed E-state index contributed by atoms with van der Waals surface area (Å²) < 4.78 is 4.83. The molecule has 3 nitrogen and oxygen atoms in total. The van der Waals surface area contributed by atoms with E-state index in [1.165, 1.54) is 6.08 Å². The van der Waals surface area contributed by atoms with Crippen molar-refractivity contribution in [3.63, 3.8) is 0 Å². The van der Waals surface area contributed by atoms with Crippen LogP contribution < -0.4 is 0 Å². The van der Waals surface area contributed by atoms with Crippen molar-refractivity contribution < 1.29 is 9.53 Å². The fourth-order valence-corrected chi connectivity index (χ4v) is 1.62. The maximum Gasteiger partial charge on any atom is 0.330 e. The van der Waals surface area contributed by atoms with Crippen LogP contribution in [0.3, 0.4) is 0 Å². The molecule has 1 heterocycles. The van der Waals surface area contributed by atoms with Crippen molar-refractivity contribution in [3.05, 3.63) is 48.3 Å². The summed E-state index contributed by atoms with van der Waals surface area (Å²) in [7, 11) is 0. The predicted molar refractivity (Wildman–Crippen MR) is 67.4 cm³/mol. The van der Waals surface area contributed by atoms with Crippen LogP contribution in [0.15, 0.2) is 42.7 Å². The van der Waals surface area contributed by atoms with Gasteiger partial charge in [-0.2, -0.15) is 0 Å². The van der Waals surface area contributed by atoms with E-state index in [2.05, 4.69) is 4.98 Å². The zero-order valence-electron chi connectivity index (χ0n) is 9.59. The molecule has 0 fully saturated rings. The fourth-order valence-electron chi connectivity index (χ4n) is 1.62. The molecule has 0 unspecified atom stereocenters. The van der Waals surface area contributed by atoms with Gasteiger partial charge in [-0.15, -0.1) is 0 Å². The Balaban J connectivity index is 2.33. The van der Waals surface area contributed by atoms with E-state index < -0.39 is 0 Å². The first-order valence-electron chi connectivity index (χ1n) is 5.49. The molecule has 86 valence electrons. The van der Waals surface area contributed by atoms with Crippen LogP contribution in [0.5, 0.6) is 0 Å². The molecule has 2 rings (SSSR count). The first kappa shape index (κ1) is 11.3. The monoisotopic (exact) mass is 227 g/mol. The lowest BCUT2D eigenvalue weighted by atomic mass is 10.1. The number of aromatic nitrogens is 1. The molecule has 1 aromatic heterocycles. The van der Waals surface area contributed by atoms with Crippen LogP contribution in [0, 0.1) is 0 Å². The predicted octanol–water partition coefficient (Wildman–Crippen LogP) is 2.81. The molecule has 0 saturated heterocycles. The maximum atomic E-state index is 11.2. The largest absolute Gasteiger partial charge is 0.463 e. The van der Waals surface area contributed by atoms with Crippen LogP contribution in [-0.2, 0) is 9.53 Å². The van der Waals surface area contributed by atoms with Crippen molar-refractivity contribution >= 4 is 22.8 Å². The molecule has 17 heavy (non-hydrogen) atoms. The van der Waals surface area contributed by atoms with Crippen molar-refractivity contribution in [2.45, 2.75) is 6.92 Å². The molecular weight excluding hydrogens is 214 g/mol. The average Bonchev–Trinajstić information content (AvgIpc) is 2.36. The molecule has 0 aliphatic carbocycles. The van der Waals surface area contributed by atoms with Crippen molar-refractivity contribution in [1.82, 2.24) is 4.98 Å². The molecule has 0 radical (unpaired) electrons. The van der Waals surface area contributed by atoms with Crippen LogP contribution in [0.4, 0.5) is 0 Å². The van der Waals surface area contributed by atoms with Crippen LogP contribution in [-0.4, -0.2) is 17.6 Å². The van der Waals surface area contributed by atoms with Crippen molar-refractivity contribution in [3.8, 4) is 0 Å². The van der Waals surface area contributed by atoms with Gasteiger partial charge in [0.2, 0.25) is 0 Å². The third-order valence-corrected chi connectivity index (χ3v) is 2.38. The highest BCUT2D eigenvalue weighted by molar-refractivity contribution is 5.94. The summed E-state index contributed by atoms with van der Waals surface area (Å²) in [4.78, 5) is 15.4. The van der Waals surface area contributed by atoms with Crippen LogP contribution >= 0.6 is 0 Å². The minimum atomic E-state index is -0.333. The Morgan fingerprint density at radius 1 is 1.35 bits per heavy atom. The second-order valence-corrected chi connectivity index (χ2v) is 3.54. The molecule has 0 atom stereocenters. The molecular formula is C14H13NO2. The van der Waals surface area contributed by atoms with E-state index >= 15 is 0 Å². The van der Waals surface area contributed by atoms with E-state index in [1.54, 1.807) is 25.4 Å². The van der Waals surface area contributed by atoms with E-state index in [0.29, 0.717) is 6.61 Å². The number of hydrogen-bond donors (Lipinski definition) is 0. The average molecular weight is 227 g/mol. The molecule has 2 aromatic rings. The Morgan fingerprint density at radius 2 is 2.18 bits per heavy atom. The Morgan fingerprint density at radius 3 is 3.00 bits per heavy atom. The van der Waals surface area contributed by atoms with Crippen molar-refractivity contribution in [2.75, 3.05) is 6.61 Å². The van der Waals surface area contributed by atoms with Gasteiger partial charge in [-0.25, -0.2) is 4.79 Å². The van der Waals surface area contributed by atoms with Crippen molar-refractivity contribution in [1.29, 1.82) is 0 Å². The minimum Gasteiger partial charge on any atom is -0.463 e. The number of nitrogens with zero attached hydrogens (tertiary/aromatic N) is 1. The van der Waals surface area contributed by atoms with Gasteiger partial charge in [0.25, 0.3) is 0 Å². The second-order valence-electron chi connectivity index (χ2n) is 3.54. The molecule has 0 spiro atoms. The van der Waals surface area contributed by atoms with E-state index in [9.17, 15) is 4.79 Å². The van der Waals surface area contributed by atoms with Gasteiger partial charge in [0.05, 0.1) is 6.61 Å². The molecule has 0 N–H and O–H groups in total. The van der Waals surface area contributed by atoms with E-state index in [0.717, 1.165) is 16.3 Å². The van der Waals surface area contributed by atoms with Gasteiger partial charge < -0.3 is 4.74 Å². The van der Waals surface area contributed by atoms with Gasteiger partial charge in [-0.1, -0.05) is 24.3 Å². The smallest absolute Gasteiger partial charge is 0.330 e. The standard InChI is InChI=1S/C14H13NO2/c1-2-17-14(16)8-7-12-10-15-9-11-5-3-4-6-13(11)12/h3-10H,2H2,1H3. The van der Waals surface area contributed by atoms with Gasteiger partial charge in [0.15, 0.2) is 0 Å². The number of benzene rings is 1. The second kappa shape index (κ2) is 5.25. The Bertz CT molecular complexity index is 556. The number of fused-ring (bicyclic) bond motifs is 1. The summed E-state index contributed by atoms with van der Waals surface area (Å²) in [6, 6.07) is 7.92. The first-order chi connectivity index (χ1) is 8.31. The van der Waals surface area contributed by atoms with Crippen molar-refractivity contribution in [2.24, 2.45) is 0 Å². The van der Waals surface area contributed by atoms with Crippen LogP contribution in [0.1, 0.15) is 12.5 Å². The van der Waals surface area contributed by atoms with Gasteiger partial charge in [-0.05, 0) is 18.4 Å². The molecule has 0 amide bonds. The number of hydrogen-bond acceptors (Lipinski definition) is 3. The number of carbonyl (C=O) groups is 1. The summed E-state index contributed by atoms with van der Waals surface area (Å²) in [6.45, 7) is 2.17. The Kier molecular flexibility index (Phi) is 3.50. The Hall–Kier alpha value is -2.16. The fraction of sp³-hybridized carbons (Fsp3) is 0.143. The van der Waals surface area contributed by atoms with Crippen LogP contribution in [0.2, 0.25) is 0 Å². The lowest BCUT2D eigenvalue weighted by Crippen LogP contribution is -1.98. The number of ether oxygens (including phenoxy) is 1. The van der Waals surface area contributed by atoms with Gasteiger partial charge in [0.1, 0.15) is 0 Å². The number of pyridine rings is 1. The van der Waals surface area contributed by atoms with Gasteiger partial charge in [-0.3, -0.25) is 4.98 Å². The zero-order valence-corrected chi connectivity index (χ0v) is 9.59. The molecule has 0 aliphatic rings. The number of rotatable bonds is 3. The molecule has 3 heteroatoms. The summed E-state index contributed by atoms with van der Waals surface area (Å²) in [6.07, 6.45) is 6.69. The minimum absolute atomic E-state index is 0.333. The van der Waals surface area contributed by atoms with E-state index in [1.807, 2.05) is 24.3 Å². The lowest BCUT2D eigenvalue weighted by Gasteiger charge is -2.00. The summed E-state index contributed by atoms with van der Waals surface area (Å²) in [5.74, 6) is -0.333. The lowest BCUT2D eigenvalue weighted by molar-refractivity contribution is -0.137. The normalized spacial score (nSPS) is 10.9.